The van der Waals surface area contributed by atoms with Crippen molar-refractivity contribution < 1.29 is 9.90 Å². The summed E-state index contributed by atoms with van der Waals surface area (Å²) in [7, 11) is 0. The number of fused-ring (bicyclic) bond motifs is 1. The number of aromatic nitrogens is 2. The third-order valence-electron chi connectivity index (χ3n) is 3.93. The van der Waals surface area contributed by atoms with E-state index in [-0.39, 0.29) is 5.92 Å². The number of imidazole rings is 1. The highest BCUT2D eigenvalue weighted by Gasteiger charge is 2.26. The molecule has 0 spiro atoms. The molecule has 2 N–H and O–H groups in total. The first-order chi connectivity index (χ1) is 9.61. The van der Waals surface area contributed by atoms with Crippen molar-refractivity contribution in [2.24, 2.45) is 5.92 Å². The Balaban J connectivity index is 1.77. The summed E-state index contributed by atoms with van der Waals surface area (Å²) < 4.78 is 0. The van der Waals surface area contributed by atoms with Crippen LogP contribution in [0.2, 0.25) is 0 Å². The lowest BCUT2D eigenvalue weighted by Crippen LogP contribution is -2.22. The van der Waals surface area contributed by atoms with Gasteiger partial charge in [0.2, 0.25) is 0 Å². The van der Waals surface area contributed by atoms with E-state index < -0.39 is 5.97 Å². The average Bonchev–Trinajstić information content (AvgIpc) is 2.82. The lowest BCUT2D eigenvalue weighted by Gasteiger charge is -2.16. The summed E-state index contributed by atoms with van der Waals surface area (Å²) in [4.78, 5) is 19.0. The molecule has 0 fully saturated rings. The quantitative estimate of drug-likeness (QED) is 0.900. The minimum atomic E-state index is -0.703. The van der Waals surface area contributed by atoms with Gasteiger partial charge >= 0.3 is 5.97 Å². The standard InChI is InChI=1S/C16H18N2O2/c1-10-2-4-11(5-3-10)8-15-17-13-7-6-12(16(19)20)9-14(13)18-15/h2-5,12H,6-9H2,1H3,(H,17,18)(H,19,20). The first kappa shape index (κ1) is 12.9. The molecule has 0 bridgehead atoms. The number of hydrogen-bond acceptors (Lipinski definition) is 2. The third-order valence-corrected chi connectivity index (χ3v) is 3.93. The van der Waals surface area contributed by atoms with Crippen LogP contribution < -0.4 is 0 Å². The van der Waals surface area contributed by atoms with Crippen molar-refractivity contribution in [2.45, 2.75) is 32.6 Å². The number of nitrogens with zero attached hydrogens (tertiary/aromatic N) is 1. The van der Waals surface area contributed by atoms with Gasteiger partial charge in [-0.2, -0.15) is 0 Å². The SMILES string of the molecule is Cc1ccc(Cc2nc3c([nH]2)CC(C(=O)O)CC3)cc1. The maximum absolute atomic E-state index is 11.1. The number of aliphatic carboxylic acids is 1. The van der Waals surface area contributed by atoms with Crippen LogP contribution in [0.3, 0.4) is 0 Å². The second-order valence-corrected chi connectivity index (χ2v) is 5.55. The van der Waals surface area contributed by atoms with Gasteiger partial charge in [0.15, 0.2) is 0 Å². The van der Waals surface area contributed by atoms with Gasteiger partial charge in [0, 0.05) is 18.5 Å². The lowest BCUT2D eigenvalue weighted by atomic mass is 9.90. The normalized spacial score (nSPS) is 17.8. The molecule has 1 heterocycles. The molecule has 20 heavy (non-hydrogen) atoms. The number of H-pyrrole nitrogens is 1. The number of rotatable bonds is 3. The molecule has 104 valence electrons. The molecule has 1 aliphatic rings. The first-order valence-corrected chi connectivity index (χ1v) is 6.97. The molecule has 0 amide bonds. The van der Waals surface area contributed by atoms with Crippen molar-refractivity contribution in [1.82, 2.24) is 9.97 Å². The molecule has 4 heteroatoms. The molecule has 0 aliphatic heterocycles. The Labute approximate surface area is 117 Å². The zero-order valence-electron chi connectivity index (χ0n) is 11.5. The first-order valence-electron chi connectivity index (χ1n) is 6.97. The van der Waals surface area contributed by atoms with E-state index in [2.05, 4.69) is 41.2 Å². The Hall–Kier alpha value is -2.10. The number of nitrogens with one attached hydrogen (secondary N) is 1. The molecule has 0 saturated heterocycles. The second kappa shape index (κ2) is 5.12. The monoisotopic (exact) mass is 270 g/mol. The van der Waals surface area contributed by atoms with Crippen molar-refractivity contribution in [3.05, 3.63) is 52.6 Å². The van der Waals surface area contributed by atoms with E-state index in [0.717, 1.165) is 30.1 Å². The van der Waals surface area contributed by atoms with Gasteiger partial charge in [0.1, 0.15) is 5.82 Å². The van der Waals surface area contributed by atoms with Crippen LogP contribution in [0.5, 0.6) is 0 Å². The van der Waals surface area contributed by atoms with Gasteiger partial charge in [-0.3, -0.25) is 4.79 Å². The van der Waals surface area contributed by atoms with Gasteiger partial charge in [-0.1, -0.05) is 29.8 Å². The number of aryl methyl sites for hydroxylation is 2. The van der Waals surface area contributed by atoms with Crippen molar-refractivity contribution in [2.75, 3.05) is 0 Å². The summed E-state index contributed by atoms with van der Waals surface area (Å²) in [5.74, 6) is -0.0367. The highest BCUT2D eigenvalue weighted by atomic mass is 16.4. The van der Waals surface area contributed by atoms with E-state index in [1.54, 1.807) is 0 Å². The molecule has 4 nitrogen and oxygen atoms in total. The van der Waals surface area contributed by atoms with Gasteiger partial charge in [0.05, 0.1) is 11.6 Å². The van der Waals surface area contributed by atoms with E-state index in [1.165, 1.54) is 11.1 Å². The predicted molar refractivity (Wildman–Crippen MR) is 75.7 cm³/mol. The fraction of sp³-hybridized carbons (Fsp3) is 0.375. The smallest absolute Gasteiger partial charge is 0.306 e. The van der Waals surface area contributed by atoms with Gasteiger partial charge in [-0.05, 0) is 25.3 Å². The van der Waals surface area contributed by atoms with Crippen molar-refractivity contribution in [3.8, 4) is 0 Å². The lowest BCUT2D eigenvalue weighted by molar-refractivity contribution is -0.142. The summed E-state index contributed by atoms with van der Waals surface area (Å²) in [6.07, 6.45) is 2.80. The van der Waals surface area contributed by atoms with Crippen molar-refractivity contribution >= 4 is 5.97 Å². The number of carboxylic acid groups (broad SMARTS) is 1. The Bertz CT molecular complexity index is 628. The molecule has 1 atom stereocenters. The summed E-state index contributed by atoms with van der Waals surface area (Å²) >= 11 is 0. The van der Waals surface area contributed by atoms with Crippen molar-refractivity contribution in [3.63, 3.8) is 0 Å². The minimum Gasteiger partial charge on any atom is -0.481 e. The van der Waals surface area contributed by atoms with E-state index in [1.807, 2.05) is 0 Å². The summed E-state index contributed by atoms with van der Waals surface area (Å²) in [5, 5.41) is 9.10. The highest BCUT2D eigenvalue weighted by Crippen LogP contribution is 2.24. The average molecular weight is 270 g/mol. The van der Waals surface area contributed by atoms with Gasteiger partial charge in [0.25, 0.3) is 0 Å². The molecular formula is C16H18N2O2. The third kappa shape index (κ3) is 2.59. The van der Waals surface area contributed by atoms with E-state index in [0.29, 0.717) is 12.8 Å². The van der Waals surface area contributed by atoms with Crippen LogP contribution in [-0.4, -0.2) is 21.0 Å². The van der Waals surface area contributed by atoms with E-state index in [4.69, 9.17) is 5.11 Å². The summed E-state index contributed by atoms with van der Waals surface area (Å²) in [5.41, 5.74) is 4.52. The van der Waals surface area contributed by atoms with Crippen LogP contribution in [0.1, 0.15) is 34.8 Å². The van der Waals surface area contributed by atoms with Crippen molar-refractivity contribution in [1.29, 1.82) is 0 Å². The highest BCUT2D eigenvalue weighted by molar-refractivity contribution is 5.70. The Kier molecular flexibility index (Phi) is 3.30. The topological polar surface area (TPSA) is 66.0 Å². The van der Waals surface area contributed by atoms with Crippen LogP contribution in [0.4, 0.5) is 0 Å². The number of carboxylic acids is 1. The molecule has 1 unspecified atom stereocenters. The number of aromatic amines is 1. The maximum atomic E-state index is 11.1. The largest absolute Gasteiger partial charge is 0.481 e. The van der Waals surface area contributed by atoms with E-state index >= 15 is 0 Å². The molecule has 2 aromatic rings. The zero-order chi connectivity index (χ0) is 14.1. The van der Waals surface area contributed by atoms with Crippen LogP contribution in [-0.2, 0) is 24.1 Å². The Morgan fingerprint density at radius 1 is 1.40 bits per heavy atom. The molecule has 1 aromatic carbocycles. The molecule has 1 aromatic heterocycles. The molecule has 0 radical (unpaired) electrons. The van der Waals surface area contributed by atoms with Crippen LogP contribution in [0.25, 0.3) is 0 Å². The van der Waals surface area contributed by atoms with Crippen LogP contribution in [0.15, 0.2) is 24.3 Å². The van der Waals surface area contributed by atoms with Crippen LogP contribution in [0, 0.1) is 12.8 Å². The predicted octanol–water partition coefficient (Wildman–Crippen LogP) is 2.50. The minimum absolute atomic E-state index is 0.268. The Morgan fingerprint density at radius 3 is 2.85 bits per heavy atom. The molecule has 1 aliphatic carbocycles. The van der Waals surface area contributed by atoms with E-state index in [9.17, 15) is 4.79 Å². The molecule has 3 rings (SSSR count). The molecule has 0 saturated carbocycles. The van der Waals surface area contributed by atoms with Gasteiger partial charge in [-0.25, -0.2) is 4.98 Å². The summed E-state index contributed by atoms with van der Waals surface area (Å²) in [6.45, 7) is 2.07. The number of benzene rings is 1. The molecular weight excluding hydrogens is 252 g/mol. The Morgan fingerprint density at radius 2 is 2.15 bits per heavy atom. The van der Waals surface area contributed by atoms with Gasteiger partial charge < -0.3 is 10.1 Å². The van der Waals surface area contributed by atoms with Gasteiger partial charge in [-0.15, -0.1) is 0 Å². The van der Waals surface area contributed by atoms with Crippen LogP contribution >= 0.6 is 0 Å². The second-order valence-electron chi connectivity index (χ2n) is 5.55. The zero-order valence-corrected chi connectivity index (χ0v) is 11.5. The number of hydrogen-bond donors (Lipinski definition) is 2. The number of carbonyl (C=O) groups is 1. The fourth-order valence-corrected chi connectivity index (χ4v) is 2.73. The fourth-order valence-electron chi connectivity index (χ4n) is 2.73. The maximum Gasteiger partial charge on any atom is 0.306 e. The summed E-state index contributed by atoms with van der Waals surface area (Å²) in [6, 6.07) is 8.41.